The van der Waals surface area contributed by atoms with Gasteiger partial charge < -0.3 is 29.3 Å². The Balaban J connectivity index is 0.00000151. The summed E-state index contributed by atoms with van der Waals surface area (Å²) in [5.41, 5.74) is 0. The van der Waals surface area contributed by atoms with Gasteiger partial charge in [0.25, 0.3) is 5.91 Å². The summed E-state index contributed by atoms with van der Waals surface area (Å²) in [5, 5.41) is 4.82. The Morgan fingerprint density at radius 3 is 2.51 bits per heavy atom. The third-order valence-electron chi connectivity index (χ3n) is 8.90. The van der Waals surface area contributed by atoms with Crippen molar-refractivity contribution in [1.82, 2.24) is 24.8 Å². The molecule has 5 atom stereocenters. The van der Waals surface area contributed by atoms with E-state index in [-0.39, 0.29) is 62.0 Å². The predicted molar refractivity (Wildman–Crippen MR) is 184 cm³/mol. The maximum atomic E-state index is 13.6. The highest BCUT2D eigenvalue weighted by Crippen LogP contribution is 2.33. The zero-order chi connectivity index (χ0) is 35.1. The number of carbonyl (C=O) groups is 5. The molecule has 4 amide bonds. The number of morpholine rings is 1. The monoisotopic (exact) mass is 695 g/mol. The van der Waals surface area contributed by atoms with Crippen LogP contribution in [0.25, 0.3) is 10.8 Å². The first-order valence-electron chi connectivity index (χ1n) is 16.8. The van der Waals surface area contributed by atoms with E-state index in [1.807, 2.05) is 31.2 Å². The Hall–Kier alpha value is -4.33. The number of allylic oxidation sites excluding steroid dienone is 1. The van der Waals surface area contributed by atoms with Crippen molar-refractivity contribution in [3.05, 3.63) is 43.1 Å². The van der Waals surface area contributed by atoms with Crippen LogP contribution >= 0.6 is 11.9 Å². The molecule has 2 bridgehead atoms. The number of aromatic nitrogens is 1. The second-order valence-electron chi connectivity index (χ2n) is 12.7. The van der Waals surface area contributed by atoms with Gasteiger partial charge in [-0.3, -0.25) is 23.9 Å². The summed E-state index contributed by atoms with van der Waals surface area (Å²) in [6, 6.07) is 5.16. The number of rotatable bonds is 12. The standard InChI is InChI=1S/C32H39N5O8S.C3H6/c1-18(29(40)35-46-23-8-9-23)34-30(41)26-15-22(44-31-24-10-6-20(43-2)14-19(24)12-13-33-31)17-37(26)28(39)5-3-4-27(38)36-16-21-7-11-25(36)32(42)45-21;1-3-2/h6,10,12-14,18,21-23,25-26H,3-5,7-9,11,15-17H2,1-2H3,(H,34,41)(H,35,40);3H,1H2,2H3. The molecule has 1 saturated carbocycles. The van der Waals surface area contributed by atoms with Crippen LogP contribution in [0.15, 0.2) is 43.1 Å². The van der Waals surface area contributed by atoms with Crippen molar-refractivity contribution in [3.63, 3.8) is 0 Å². The molecule has 13 nitrogen and oxygen atoms in total. The second kappa shape index (κ2) is 16.4. The Labute approximate surface area is 290 Å². The predicted octanol–water partition coefficient (Wildman–Crippen LogP) is 3.30. The lowest BCUT2D eigenvalue weighted by Gasteiger charge is -2.43. The van der Waals surface area contributed by atoms with E-state index >= 15 is 0 Å². The van der Waals surface area contributed by atoms with Gasteiger partial charge in [0.05, 0.1) is 20.2 Å². The van der Waals surface area contributed by atoms with Crippen LogP contribution in [0.4, 0.5) is 0 Å². The van der Waals surface area contributed by atoms with Crippen LogP contribution in [0.5, 0.6) is 11.6 Å². The number of nitrogens with zero attached hydrogens (tertiary/aromatic N) is 3. The fourth-order valence-electron chi connectivity index (χ4n) is 6.18. The molecule has 2 N–H and O–H groups in total. The quantitative estimate of drug-likeness (QED) is 0.192. The molecule has 5 fully saturated rings. The Morgan fingerprint density at radius 1 is 1.10 bits per heavy atom. The van der Waals surface area contributed by atoms with E-state index in [2.05, 4.69) is 21.6 Å². The minimum atomic E-state index is -0.873. The lowest BCUT2D eigenvalue weighted by atomic mass is 9.96. The van der Waals surface area contributed by atoms with Crippen molar-refractivity contribution >= 4 is 52.3 Å². The highest BCUT2D eigenvalue weighted by molar-refractivity contribution is 7.98. The average molecular weight is 696 g/mol. The first-order chi connectivity index (χ1) is 23.6. The van der Waals surface area contributed by atoms with Crippen molar-refractivity contribution in [3.8, 4) is 11.6 Å². The number of nitrogens with one attached hydrogen (secondary N) is 2. The number of ether oxygens (including phenoxy) is 3. The van der Waals surface area contributed by atoms with Crippen LogP contribution in [0.1, 0.15) is 65.2 Å². The molecule has 264 valence electrons. The number of pyridine rings is 1. The molecule has 49 heavy (non-hydrogen) atoms. The molecule has 7 rings (SSSR count). The van der Waals surface area contributed by atoms with Crippen molar-refractivity contribution in [1.29, 1.82) is 0 Å². The first-order valence-corrected chi connectivity index (χ1v) is 17.7. The minimum absolute atomic E-state index is 0.0367. The largest absolute Gasteiger partial charge is 0.497 e. The summed E-state index contributed by atoms with van der Waals surface area (Å²) in [7, 11) is 1.59. The third-order valence-corrected chi connectivity index (χ3v) is 10.0. The molecular formula is C35H45N5O8S. The number of hydrogen-bond acceptors (Lipinski definition) is 10. The average Bonchev–Trinajstić information content (AvgIpc) is 3.84. The fraction of sp³-hybridized carbons (Fsp3) is 0.543. The number of carbonyl (C=O) groups excluding carboxylic acids is 5. The molecule has 4 aliphatic heterocycles. The third kappa shape index (κ3) is 9.02. The highest BCUT2D eigenvalue weighted by atomic mass is 32.2. The number of fused-ring (bicyclic) bond motifs is 4. The van der Waals surface area contributed by atoms with Crippen LogP contribution in [0.3, 0.4) is 0 Å². The first kappa shape index (κ1) is 36.0. The zero-order valence-electron chi connectivity index (χ0n) is 28.2. The van der Waals surface area contributed by atoms with E-state index in [1.54, 1.807) is 31.2 Å². The van der Waals surface area contributed by atoms with Crippen LogP contribution in [0, 0.1) is 0 Å². The Bertz CT molecular complexity index is 1570. The summed E-state index contributed by atoms with van der Waals surface area (Å²) < 4.78 is 19.7. The topological polar surface area (TPSA) is 156 Å². The molecule has 0 radical (unpaired) electrons. The van der Waals surface area contributed by atoms with Gasteiger partial charge in [0.2, 0.25) is 23.6 Å². The van der Waals surface area contributed by atoms with Gasteiger partial charge >= 0.3 is 5.97 Å². The molecule has 0 spiro atoms. The minimum Gasteiger partial charge on any atom is -0.497 e. The highest BCUT2D eigenvalue weighted by Gasteiger charge is 2.44. The number of piperidine rings is 1. The molecule has 4 saturated heterocycles. The number of methoxy groups -OCH3 is 1. The molecule has 1 aromatic heterocycles. The Kier molecular flexibility index (Phi) is 12.0. The van der Waals surface area contributed by atoms with Gasteiger partial charge in [-0.1, -0.05) is 6.08 Å². The van der Waals surface area contributed by atoms with E-state index in [1.165, 1.54) is 16.8 Å². The Morgan fingerprint density at radius 2 is 1.84 bits per heavy atom. The summed E-state index contributed by atoms with van der Waals surface area (Å²) in [6.45, 7) is 7.38. The van der Waals surface area contributed by atoms with E-state index in [9.17, 15) is 24.0 Å². The molecule has 5 aliphatic rings. The summed E-state index contributed by atoms with van der Waals surface area (Å²) >= 11 is 1.37. The van der Waals surface area contributed by atoms with Crippen LogP contribution in [-0.2, 0) is 28.7 Å². The van der Waals surface area contributed by atoms with Gasteiger partial charge in [-0.25, -0.2) is 9.78 Å². The van der Waals surface area contributed by atoms with Crippen molar-refractivity contribution in [2.24, 2.45) is 0 Å². The summed E-state index contributed by atoms with van der Waals surface area (Å²) in [5.74, 6) is -0.527. The van der Waals surface area contributed by atoms with Gasteiger partial charge in [0.1, 0.15) is 36.1 Å². The van der Waals surface area contributed by atoms with Crippen LogP contribution in [-0.4, -0.2) is 100 Å². The molecule has 1 aromatic carbocycles. The molecular weight excluding hydrogens is 650 g/mol. The zero-order valence-corrected chi connectivity index (χ0v) is 29.0. The lowest BCUT2D eigenvalue weighted by Crippen LogP contribution is -2.59. The molecule has 5 heterocycles. The molecule has 14 heteroatoms. The normalized spacial score (nSPS) is 23.1. The second-order valence-corrected chi connectivity index (χ2v) is 13.8. The maximum absolute atomic E-state index is 13.6. The number of esters is 1. The molecule has 5 unspecified atom stereocenters. The number of benzene rings is 1. The van der Waals surface area contributed by atoms with Crippen molar-refractivity contribution in [2.45, 2.75) is 101 Å². The summed E-state index contributed by atoms with van der Waals surface area (Å²) in [4.78, 5) is 72.2. The van der Waals surface area contributed by atoms with Crippen LogP contribution in [0.2, 0.25) is 0 Å². The smallest absolute Gasteiger partial charge is 0.329 e. The van der Waals surface area contributed by atoms with Gasteiger partial charge in [0.15, 0.2) is 0 Å². The fourth-order valence-corrected chi connectivity index (χ4v) is 7.01. The number of amides is 4. The van der Waals surface area contributed by atoms with Gasteiger partial charge in [-0.2, -0.15) is 0 Å². The van der Waals surface area contributed by atoms with Crippen molar-refractivity contribution < 1.29 is 38.2 Å². The van der Waals surface area contributed by atoms with Crippen LogP contribution < -0.4 is 19.5 Å². The molecule has 2 aromatic rings. The van der Waals surface area contributed by atoms with Gasteiger partial charge in [-0.15, -0.1) is 6.58 Å². The van der Waals surface area contributed by atoms with Crippen molar-refractivity contribution in [2.75, 3.05) is 20.2 Å². The van der Waals surface area contributed by atoms with Gasteiger partial charge in [-0.05, 0) is 87.6 Å². The lowest BCUT2D eigenvalue weighted by molar-refractivity contribution is -0.181. The van der Waals surface area contributed by atoms with E-state index in [0.717, 1.165) is 30.0 Å². The maximum Gasteiger partial charge on any atom is 0.329 e. The van der Waals surface area contributed by atoms with Gasteiger partial charge in [0, 0.05) is 36.1 Å². The summed E-state index contributed by atoms with van der Waals surface area (Å²) in [6.07, 6.45) is 6.65. The van der Waals surface area contributed by atoms with E-state index < -0.39 is 30.1 Å². The SMILES string of the molecule is C=CC.COc1ccc2c(OC3CC(C(=O)NC(C)C(=O)NSC4CC4)N(C(=O)CCCC(=O)N4CC5CCC4C(=O)O5)C3)nccc2c1. The number of likely N-dealkylation sites (tertiary alicyclic amines) is 1. The van der Waals surface area contributed by atoms with E-state index in [0.29, 0.717) is 29.8 Å². The molecule has 1 aliphatic carbocycles. The van der Waals surface area contributed by atoms with E-state index in [4.69, 9.17) is 14.2 Å². The number of hydrogen-bond donors (Lipinski definition) is 2.